The molecule has 0 radical (unpaired) electrons. The second-order valence-electron chi connectivity index (χ2n) is 4.67. The van der Waals surface area contributed by atoms with E-state index in [1.807, 2.05) is 13.0 Å². The van der Waals surface area contributed by atoms with E-state index in [9.17, 15) is 4.79 Å². The number of rotatable bonds is 6. The summed E-state index contributed by atoms with van der Waals surface area (Å²) >= 11 is 9.37. The van der Waals surface area contributed by atoms with Crippen LogP contribution in [0.25, 0.3) is 0 Å². The Morgan fingerprint density at radius 3 is 2.62 bits per heavy atom. The summed E-state index contributed by atoms with van der Waals surface area (Å²) in [6, 6.07) is 11.8. The Kier molecular flexibility index (Phi) is 6.47. The third-order valence-electron chi connectivity index (χ3n) is 2.92. The molecule has 0 saturated heterocycles. The monoisotopic (exact) mass is 408 g/mol. The zero-order valence-corrected chi connectivity index (χ0v) is 15.1. The maximum absolute atomic E-state index is 12.1. The first-order valence-electron chi connectivity index (χ1n) is 7.08. The summed E-state index contributed by atoms with van der Waals surface area (Å²) in [7, 11) is 0. The van der Waals surface area contributed by atoms with Crippen LogP contribution in [0.2, 0.25) is 5.02 Å². The Balaban J connectivity index is 2.02. The van der Waals surface area contributed by atoms with Crippen LogP contribution >= 0.6 is 27.5 Å². The molecule has 2 rings (SSSR count). The van der Waals surface area contributed by atoms with Crippen LogP contribution in [-0.4, -0.2) is 19.1 Å². The second kappa shape index (κ2) is 8.57. The molecule has 0 fully saturated rings. The van der Waals surface area contributed by atoms with Crippen molar-refractivity contribution in [3.05, 3.63) is 51.5 Å². The van der Waals surface area contributed by atoms with E-state index in [0.29, 0.717) is 38.9 Å². The number of carbonyl (C=O) groups excluding carboxylic acids is 1. The standard InChI is InChI=1S/C17H14BrClN2O3/c1-2-23-17-14(18)7-12(19)8-15(17)21-16(22)10-24-13-5-3-11(9-20)4-6-13/h3-8H,2,10H2,1H3,(H,21,22). The number of carbonyl (C=O) groups is 1. The van der Waals surface area contributed by atoms with Crippen LogP contribution in [-0.2, 0) is 4.79 Å². The molecule has 0 atom stereocenters. The van der Waals surface area contributed by atoms with E-state index < -0.39 is 0 Å². The Labute approximate surface area is 153 Å². The van der Waals surface area contributed by atoms with Crippen molar-refractivity contribution in [2.24, 2.45) is 0 Å². The summed E-state index contributed by atoms with van der Waals surface area (Å²) < 4.78 is 11.6. The summed E-state index contributed by atoms with van der Waals surface area (Å²) in [6.07, 6.45) is 0. The molecule has 0 unspecified atom stereocenters. The van der Waals surface area contributed by atoms with Crippen LogP contribution in [0.5, 0.6) is 11.5 Å². The van der Waals surface area contributed by atoms with Crippen molar-refractivity contribution < 1.29 is 14.3 Å². The second-order valence-corrected chi connectivity index (χ2v) is 5.96. The lowest BCUT2D eigenvalue weighted by atomic mass is 10.2. The Morgan fingerprint density at radius 2 is 2.00 bits per heavy atom. The minimum atomic E-state index is -0.352. The number of nitrogens with one attached hydrogen (secondary N) is 1. The van der Waals surface area contributed by atoms with Crippen molar-refractivity contribution in [2.45, 2.75) is 6.92 Å². The van der Waals surface area contributed by atoms with Crippen LogP contribution in [0, 0.1) is 11.3 Å². The van der Waals surface area contributed by atoms with Crippen molar-refractivity contribution in [3.8, 4) is 17.6 Å². The fraction of sp³-hybridized carbons (Fsp3) is 0.176. The highest BCUT2D eigenvalue weighted by atomic mass is 79.9. The summed E-state index contributed by atoms with van der Waals surface area (Å²) in [5, 5.41) is 11.9. The lowest BCUT2D eigenvalue weighted by Gasteiger charge is -2.14. The zero-order chi connectivity index (χ0) is 17.5. The molecule has 24 heavy (non-hydrogen) atoms. The molecule has 2 aromatic carbocycles. The van der Waals surface area contributed by atoms with Gasteiger partial charge < -0.3 is 14.8 Å². The number of amides is 1. The van der Waals surface area contributed by atoms with Crippen molar-refractivity contribution in [2.75, 3.05) is 18.5 Å². The van der Waals surface area contributed by atoms with Crippen LogP contribution in [0.15, 0.2) is 40.9 Å². The molecule has 1 amide bonds. The van der Waals surface area contributed by atoms with Gasteiger partial charge in [-0.1, -0.05) is 11.6 Å². The summed E-state index contributed by atoms with van der Waals surface area (Å²) in [6.45, 7) is 2.12. The first-order chi connectivity index (χ1) is 11.5. The minimum absolute atomic E-state index is 0.179. The van der Waals surface area contributed by atoms with Gasteiger partial charge in [0.15, 0.2) is 12.4 Å². The molecule has 0 aliphatic carbocycles. The number of nitriles is 1. The normalized spacial score (nSPS) is 9.92. The van der Waals surface area contributed by atoms with E-state index in [2.05, 4.69) is 21.2 Å². The van der Waals surface area contributed by atoms with Gasteiger partial charge in [-0.05, 0) is 59.3 Å². The predicted molar refractivity (Wildman–Crippen MR) is 95.6 cm³/mol. The van der Waals surface area contributed by atoms with Gasteiger partial charge in [0.2, 0.25) is 0 Å². The quantitative estimate of drug-likeness (QED) is 0.768. The Hall–Kier alpha value is -2.23. The lowest BCUT2D eigenvalue weighted by molar-refractivity contribution is -0.118. The highest BCUT2D eigenvalue weighted by Crippen LogP contribution is 2.36. The lowest BCUT2D eigenvalue weighted by Crippen LogP contribution is -2.20. The number of nitrogens with zero attached hydrogens (tertiary/aromatic N) is 1. The molecule has 0 aromatic heterocycles. The average Bonchev–Trinajstić information content (AvgIpc) is 2.56. The van der Waals surface area contributed by atoms with E-state index in [-0.39, 0.29) is 12.5 Å². The van der Waals surface area contributed by atoms with Crippen molar-refractivity contribution in [1.82, 2.24) is 0 Å². The summed E-state index contributed by atoms with van der Waals surface area (Å²) in [5.41, 5.74) is 0.988. The molecule has 2 aromatic rings. The number of ether oxygens (including phenoxy) is 2. The number of hydrogen-bond donors (Lipinski definition) is 1. The van der Waals surface area contributed by atoms with Gasteiger partial charge in [-0.3, -0.25) is 4.79 Å². The van der Waals surface area contributed by atoms with Gasteiger partial charge in [0.1, 0.15) is 5.75 Å². The van der Waals surface area contributed by atoms with E-state index in [1.165, 1.54) is 0 Å². The van der Waals surface area contributed by atoms with Gasteiger partial charge >= 0.3 is 0 Å². The van der Waals surface area contributed by atoms with Gasteiger partial charge in [-0.15, -0.1) is 0 Å². The average molecular weight is 410 g/mol. The summed E-state index contributed by atoms with van der Waals surface area (Å²) in [4.78, 5) is 12.1. The van der Waals surface area contributed by atoms with E-state index >= 15 is 0 Å². The molecule has 0 bridgehead atoms. The topological polar surface area (TPSA) is 71.3 Å². The third-order valence-corrected chi connectivity index (χ3v) is 3.73. The molecule has 7 heteroatoms. The molecular formula is C17H14BrClN2O3. The van der Waals surface area contributed by atoms with Crippen molar-refractivity contribution in [3.63, 3.8) is 0 Å². The molecule has 124 valence electrons. The zero-order valence-electron chi connectivity index (χ0n) is 12.8. The smallest absolute Gasteiger partial charge is 0.262 e. The first kappa shape index (κ1) is 18.1. The minimum Gasteiger partial charge on any atom is -0.491 e. The highest BCUT2D eigenvalue weighted by Gasteiger charge is 2.13. The number of anilines is 1. The molecule has 0 aliphatic rings. The van der Waals surface area contributed by atoms with E-state index in [0.717, 1.165) is 0 Å². The summed E-state index contributed by atoms with van der Waals surface area (Å²) in [5.74, 6) is 0.657. The SMILES string of the molecule is CCOc1c(Br)cc(Cl)cc1NC(=O)COc1ccc(C#N)cc1. The Bertz CT molecular complexity index is 773. The van der Waals surface area contributed by atoms with E-state index in [1.54, 1.807) is 36.4 Å². The van der Waals surface area contributed by atoms with Gasteiger partial charge in [-0.25, -0.2) is 0 Å². The largest absolute Gasteiger partial charge is 0.491 e. The fourth-order valence-electron chi connectivity index (χ4n) is 1.91. The number of benzene rings is 2. The molecule has 5 nitrogen and oxygen atoms in total. The van der Waals surface area contributed by atoms with Crippen LogP contribution < -0.4 is 14.8 Å². The maximum Gasteiger partial charge on any atom is 0.262 e. The third kappa shape index (κ3) is 4.88. The van der Waals surface area contributed by atoms with Gasteiger partial charge in [0, 0.05) is 5.02 Å². The van der Waals surface area contributed by atoms with Gasteiger partial charge in [0.25, 0.3) is 5.91 Å². The number of halogens is 2. The maximum atomic E-state index is 12.1. The van der Waals surface area contributed by atoms with Gasteiger partial charge in [-0.2, -0.15) is 5.26 Å². The van der Waals surface area contributed by atoms with Crippen molar-refractivity contribution >= 4 is 39.1 Å². The molecule has 0 heterocycles. The van der Waals surface area contributed by atoms with Crippen LogP contribution in [0.1, 0.15) is 12.5 Å². The molecular weight excluding hydrogens is 396 g/mol. The predicted octanol–water partition coefficient (Wildman–Crippen LogP) is 4.39. The van der Waals surface area contributed by atoms with Gasteiger partial charge in [0.05, 0.1) is 28.4 Å². The number of hydrogen-bond acceptors (Lipinski definition) is 4. The molecule has 0 spiro atoms. The fourth-order valence-corrected chi connectivity index (χ4v) is 2.83. The Morgan fingerprint density at radius 1 is 1.29 bits per heavy atom. The molecule has 0 aliphatic heterocycles. The highest BCUT2D eigenvalue weighted by molar-refractivity contribution is 9.10. The first-order valence-corrected chi connectivity index (χ1v) is 8.25. The van der Waals surface area contributed by atoms with Crippen LogP contribution in [0.3, 0.4) is 0 Å². The van der Waals surface area contributed by atoms with E-state index in [4.69, 9.17) is 26.3 Å². The molecule has 0 saturated carbocycles. The molecule has 1 N–H and O–H groups in total. The van der Waals surface area contributed by atoms with Crippen LogP contribution in [0.4, 0.5) is 5.69 Å². The van der Waals surface area contributed by atoms with Crippen molar-refractivity contribution in [1.29, 1.82) is 5.26 Å².